The van der Waals surface area contributed by atoms with Gasteiger partial charge in [0.1, 0.15) is 18.0 Å². The van der Waals surface area contributed by atoms with Crippen molar-refractivity contribution in [2.45, 2.75) is 37.9 Å². The normalized spacial score (nSPS) is 18.8. The number of halogens is 2. The first-order chi connectivity index (χ1) is 19.6. The number of carboxylic acid groups (broad SMARTS) is 1. The largest absolute Gasteiger partial charge is 0.481 e. The molecule has 2 saturated heterocycles. The molecule has 2 aliphatic rings. The predicted molar refractivity (Wildman–Crippen MR) is 145 cm³/mol. The summed E-state index contributed by atoms with van der Waals surface area (Å²) in [6, 6.07) is 7.24. The molecule has 0 saturated carbocycles. The van der Waals surface area contributed by atoms with Crippen LogP contribution in [0.4, 0.5) is 20.6 Å². The summed E-state index contributed by atoms with van der Waals surface area (Å²) in [7, 11) is 0. The molecule has 41 heavy (non-hydrogen) atoms. The molecule has 220 valence electrons. The van der Waals surface area contributed by atoms with E-state index in [1.807, 2.05) is 0 Å². The van der Waals surface area contributed by atoms with E-state index in [-0.39, 0.29) is 75.3 Å². The fourth-order valence-corrected chi connectivity index (χ4v) is 5.24. The molecule has 0 spiro atoms. The van der Waals surface area contributed by atoms with Crippen LogP contribution in [0.25, 0.3) is 0 Å². The first-order valence-corrected chi connectivity index (χ1v) is 13.9. The Morgan fingerprint density at radius 2 is 1.98 bits per heavy atom. The monoisotopic (exact) mass is 611 g/mol. The van der Waals surface area contributed by atoms with Gasteiger partial charge in [0.05, 0.1) is 54.0 Å². The molecule has 2 atom stereocenters. The van der Waals surface area contributed by atoms with Crippen LogP contribution in [0, 0.1) is 5.82 Å². The number of carbonyl (C=O) groups is 5. The van der Waals surface area contributed by atoms with E-state index in [0.29, 0.717) is 15.6 Å². The Balaban J connectivity index is 1.29. The Hall–Kier alpha value is -3.75. The Morgan fingerprint density at radius 1 is 1.17 bits per heavy atom. The number of amides is 3. The topological polar surface area (TPSA) is 152 Å². The van der Waals surface area contributed by atoms with E-state index >= 15 is 4.39 Å². The summed E-state index contributed by atoms with van der Waals surface area (Å²) in [6.45, 7) is 0.457. The van der Waals surface area contributed by atoms with E-state index in [0.717, 1.165) is 22.3 Å². The third kappa shape index (κ3) is 7.93. The first-order valence-electron chi connectivity index (χ1n) is 12.7. The van der Waals surface area contributed by atoms with Crippen molar-refractivity contribution in [3.63, 3.8) is 0 Å². The zero-order chi connectivity index (χ0) is 29.5. The molecule has 4 rings (SSSR count). The number of anilines is 2. The number of nitrogens with zero attached hydrogens (tertiary/aromatic N) is 2. The minimum Gasteiger partial charge on any atom is -0.481 e. The van der Waals surface area contributed by atoms with E-state index < -0.39 is 36.1 Å². The number of hydrogen-bond donors (Lipinski definition) is 2. The second-order valence-corrected chi connectivity index (χ2v) is 10.9. The van der Waals surface area contributed by atoms with Crippen LogP contribution in [-0.2, 0) is 28.6 Å². The summed E-state index contributed by atoms with van der Waals surface area (Å²) < 4.78 is 31.4. The second-order valence-electron chi connectivity index (χ2n) is 9.17. The van der Waals surface area contributed by atoms with Crippen molar-refractivity contribution in [1.29, 1.82) is 0 Å². The molecule has 3 heterocycles. The van der Waals surface area contributed by atoms with Crippen LogP contribution in [0.15, 0.2) is 30.3 Å². The van der Waals surface area contributed by atoms with Gasteiger partial charge in [-0.3, -0.25) is 24.1 Å². The van der Waals surface area contributed by atoms with Crippen molar-refractivity contribution in [3.05, 3.63) is 45.4 Å². The number of aliphatic carboxylic acids is 1. The fourth-order valence-electron chi connectivity index (χ4n) is 4.28. The maximum Gasteiger partial charge on any atom is 0.414 e. The predicted octanol–water partition coefficient (Wildman–Crippen LogP) is 3.22. The van der Waals surface area contributed by atoms with Gasteiger partial charge in [-0.05, 0) is 43.2 Å². The number of morpholine rings is 1. The van der Waals surface area contributed by atoms with Crippen molar-refractivity contribution in [2.75, 3.05) is 42.6 Å². The summed E-state index contributed by atoms with van der Waals surface area (Å²) in [4.78, 5) is 62.6. The van der Waals surface area contributed by atoms with Gasteiger partial charge in [-0.15, -0.1) is 11.3 Å². The Morgan fingerprint density at radius 3 is 2.68 bits per heavy atom. The number of carboxylic acids is 1. The molecule has 12 nitrogen and oxygen atoms in total. The molecular formula is C26H27ClFN3O9S. The van der Waals surface area contributed by atoms with Crippen LogP contribution in [0.3, 0.4) is 0 Å². The van der Waals surface area contributed by atoms with Gasteiger partial charge in [0.2, 0.25) is 0 Å². The maximum atomic E-state index is 15.2. The molecule has 1 aromatic carbocycles. The van der Waals surface area contributed by atoms with Crippen LogP contribution in [0.1, 0.15) is 35.4 Å². The van der Waals surface area contributed by atoms with Crippen molar-refractivity contribution in [3.8, 4) is 0 Å². The molecule has 0 bridgehead atoms. The number of rotatable bonds is 12. The number of benzene rings is 1. The van der Waals surface area contributed by atoms with Gasteiger partial charge in [-0.1, -0.05) is 11.6 Å². The smallest absolute Gasteiger partial charge is 0.414 e. The number of carbonyl (C=O) groups excluding carboxylic acids is 4. The quantitative estimate of drug-likeness (QED) is 0.272. The summed E-state index contributed by atoms with van der Waals surface area (Å²) in [5, 5.41) is 11.3. The first kappa shape index (κ1) is 30.2. The Labute approximate surface area is 242 Å². The summed E-state index contributed by atoms with van der Waals surface area (Å²) in [5.74, 6) is -3.22. The lowest BCUT2D eigenvalue weighted by Gasteiger charge is -2.32. The highest BCUT2D eigenvalue weighted by atomic mass is 35.5. The van der Waals surface area contributed by atoms with Gasteiger partial charge >= 0.3 is 18.0 Å². The SMILES string of the molecule is O=C(O)CCC(=O)OCCCC1OCCN(c2ccc(N3C[C@H](CNC(=O)c4ccc(Cl)s4)OC3=O)c(F)c2)C1=O. The molecule has 0 aliphatic carbocycles. The van der Waals surface area contributed by atoms with E-state index in [1.165, 1.54) is 17.0 Å². The third-order valence-corrected chi connectivity index (χ3v) is 7.52. The lowest BCUT2D eigenvalue weighted by molar-refractivity contribution is -0.148. The number of esters is 1. The van der Waals surface area contributed by atoms with Gasteiger partial charge in [0, 0.05) is 12.2 Å². The highest BCUT2D eigenvalue weighted by molar-refractivity contribution is 7.18. The maximum absolute atomic E-state index is 15.2. The molecule has 2 aromatic rings. The molecular weight excluding hydrogens is 585 g/mol. The summed E-state index contributed by atoms with van der Waals surface area (Å²) in [5.41, 5.74) is 0.259. The van der Waals surface area contributed by atoms with E-state index in [4.69, 9.17) is 30.9 Å². The zero-order valence-electron chi connectivity index (χ0n) is 21.7. The van der Waals surface area contributed by atoms with Crippen molar-refractivity contribution < 1.29 is 47.7 Å². The summed E-state index contributed by atoms with van der Waals surface area (Å²) >= 11 is 6.97. The highest BCUT2D eigenvalue weighted by Crippen LogP contribution is 2.30. The lowest BCUT2D eigenvalue weighted by atomic mass is 10.1. The van der Waals surface area contributed by atoms with Gasteiger partial charge < -0.3 is 29.5 Å². The molecule has 1 unspecified atom stereocenters. The minimum absolute atomic E-state index is 0.00785. The fraction of sp³-hybridized carbons (Fsp3) is 0.423. The van der Waals surface area contributed by atoms with Crippen LogP contribution in [0.5, 0.6) is 0 Å². The molecule has 2 N–H and O–H groups in total. The number of ether oxygens (including phenoxy) is 3. The average molecular weight is 612 g/mol. The standard InChI is InChI=1S/C26H27ClFN3O9S/c27-21-6-5-20(41-21)24(35)29-13-16-14-31(26(37)40-16)18-4-3-15(12-17(18)28)30-9-11-38-19(25(30)36)2-1-10-39-23(34)8-7-22(32)33/h3-6,12,16,19H,1-2,7-11,13-14H2,(H,29,35)(H,32,33)/t16-,19?/m0/s1. The molecule has 15 heteroatoms. The van der Waals surface area contributed by atoms with Gasteiger partial charge in [-0.2, -0.15) is 0 Å². The highest BCUT2D eigenvalue weighted by Gasteiger charge is 2.35. The van der Waals surface area contributed by atoms with E-state index in [1.54, 1.807) is 12.1 Å². The minimum atomic E-state index is -1.10. The molecule has 2 aliphatic heterocycles. The third-order valence-electron chi connectivity index (χ3n) is 6.29. The van der Waals surface area contributed by atoms with Crippen LogP contribution in [-0.4, -0.2) is 80.0 Å². The second kappa shape index (κ2) is 13.7. The summed E-state index contributed by atoms with van der Waals surface area (Å²) in [6.07, 6.45) is -2.27. The van der Waals surface area contributed by atoms with E-state index in [2.05, 4.69) is 5.32 Å². The zero-order valence-corrected chi connectivity index (χ0v) is 23.2. The molecule has 0 radical (unpaired) electrons. The van der Waals surface area contributed by atoms with E-state index in [9.17, 15) is 24.0 Å². The lowest BCUT2D eigenvalue weighted by Crippen LogP contribution is -2.48. The Bertz CT molecular complexity index is 1320. The number of hydrogen-bond acceptors (Lipinski definition) is 9. The number of cyclic esters (lactones) is 1. The molecule has 2 fully saturated rings. The van der Waals surface area contributed by atoms with Crippen molar-refractivity contribution in [1.82, 2.24) is 5.32 Å². The van der Waals surface area contributed by atoms with Gasteiger partial charge in [0.15, 0.2) is 0 Å². The van der Waals surface area contributed by atoms with Crippen LogP contribution < -0.4 is 15.1 Å². The number of nitrogens with one attached hydrogen (secondary N) is 1. The molecule has 1 aromatic heterocycles. The average Bonchev–Trinajstić information content (AvgIpc) is 3.54. The molecule has 3 amide bonds. The van der Waals surface area contributed by atoms with Crippen molar-refractivity contribution >= 4 is 64.2 Å². The van der Waals surface area contributed by atoms with Gasteiger partial charge in [-0.25, -0.2) is 9.18 Å². The van der Waals surface area contributed by atoms with Crippen molar-refractivity contribution in [2.24, 2.45) is 0 Å². The van der Waals surface area contributed by atoms with Crippen LogP contribution in [0.2, 0.25) is 4.34 Å². The van der Waals surface area contributed by atoms with Gasteiger partial charge in [0.25, 0.3) is 11.8 Å². The van der Waals surface area contributed by atoms with Crippen LogP contribution >= 0.6 is 22.9 Å². The number of thiophene rings is 1. The Kier molecular flexibility index (Phi) is 10.1.